The number of aliphatic hydroxyl groups excluding tert-OH is 2. The van der Waals surface area contributed by atoms with E-state index in [1.807, 2.05) is 0 Å². The molecular weight excluding hydrogens is 787 g/mol. The summed E-state index contributed by atoms with van der Waals surface area (Å²) < 4.78 is 0. The van der Waals surface area contributed by atoms with Gasteiger partial charge in [-0.1, -0.05) is 195 Å². The van der Waals surface area contributed by atoms with Gasteiger partial charge < -0.3 is 31.3 Å². The van der Waals surface area contributed by atoms with Crippen LogP contribution in [0.1, 0.15) is 227 Å². The number of hydrogen-bond acceptors (Lipinski definition) is 7. The summed E-state index contributed by atoms with van der Waals surface area (Å²) >= 11 is 0. The van der Waals surface area contributed by atoms with Gasteiger partial charge in [-0.25, -0.2) is 0 Å². The Kier molecular flexibility index (Phi) is 50.8. The fourth-order valence-corrected chi connectivity index (χ4v) is 7.48. The summed E-state index contributed by atoms with van der Waals surface area (Å²) in [5.74, 6) is 0.930. The Bertz CT molecular complexity index is 897. The molecule has 0 aliphatic heterocycles. The van der Waals surface area contributed by atoms with Gasteiger partial charge in [0.05, 0.1) is 11.8 Å². The van der Waals surface area contributed by atoms with Crippen molar-refractivity contribution in [1.82, 2.24) is 10.2 Å². The number of nitrogens with zero attached hydrogens (tertiary/aromatic N) is 1. The third kappa shape index (κ3) is 39.1. The van der Waals surface area contributed by atoms with Gasteiger partial charge in [0.2, 0.25) is 5.78 Å². The van der Waals surface area contributed by atoms with E-state index in [4.69, 9.17) is 20.7 Å². The molecule has 0 aromatic carbocycles. The first-order valence-corrected chi connectivity index (χ1v) is 23.8. The Labute approximate surface area is 378 Å². The number of Topliss-reactive ketones (excluding diaryl/α,β-unsaturated/α-hetero) is 1. The summed E-state index contributed by atoms with van der Waals surface area (Å²) in [6.07, 6.45) is 40.4. The van der Waals surface area contributed by atoms with Crippen molar-refractivity contribution >= 4 is 12.3 Å². The Balaban J connectivity index is -0.00000212. The van der Waals surface area contributed by atoms with Gasteiger partial charge >= 0.3 is 0 Å². The fourth-order valence-electron chi connectivity index (χ4n) is 7.48. The molecule has 8 nitrogen and oxygen atoms in total. The second-order valence-corrected chi connectivity index (χ2v) is 16.4. The Morgan fingerprint density at radius 1 is 0.632 bits per heavy atom. The maximum Gasteiger partial charge on any atom is 0.290 e. The van der Waals surface area contributed by atoms with Crippen LogP contribution in [0.4, 0.5) is 0 Å². The molecule has 9 heteroatoms. The summed E-state index contributed by atoms with van der Waals surface area (Å²) in [5.41, 5.74) is 7.44. The molecule has 1 aliphatic rings. The minimum absolute atomic E-state index is 0. The first-order chi connectivity index (χ1) is 27.3. The number of carbonyl (C=O) groups excluding carboxylic acids is 1. The van der Waals surface area contributed by atoms with Gasteiger partial charge in [0, 0.05) is 51.4 Å². The minimum atomic E-state index is -0.250. The average molecular weight is 883 g/mol. The van der Waals surface area contributed by atoms with Crippen molar-refractivity contribution in [1.29, 1.82) is 0 Å². The predicted octanol–water partition coefficient (Wildman–Crippen LogP) is 12.0. The van der Waals surface area contributed by atoms with Gasteiger partial charge in [-0.15, -0.1) is 0 Å². The van der Waals surface area contributed by atoms with Gasteiger partial charge in [-0.2, -0.15) is 0 Å². The van der Waals surface area contributed by atoms with E-state index in [1.54, 1.807) is 0 Å². The van der Waals surface area contributed by atoms with Crippen molar-refractivity contribution in [2.24, 2.45) is 11.7 Å². The van der Waals surface area contributed by atoms with Crippen LogP contribution in [0, 0.1) is 5.92 Å². The molecule has 57 heavy (non-hydrogen) atoms. The molecule has 0 saturated heterocycles. The number of carboxylic acid groups (broad SMARTS) is 1. The van der Waals surface area contributed by atoms with E-state index in [1.165, 1.54) is 167 Å². The van der Waals surface area contributed by atoms with Gasteiger partial charge in [-0.05, 0) is 64.1 Å². The number of rotatable bonds is 39. The van der Waals surface area contributed by atoms with Crippen molar-refractivity contribution in [3.8, 4) is 0 Å². The van der Waals surface area contributed by atoms with E-state index < -0.39 is 0 Å². The fraction of sp³-hybridized carbons (Fsp3) is 0.875. The maximum atomic E-state index is 11.9. The SMILES string of the molecule is C=C1C(=O)C(NCCCN(CCCCCCCC(CCCCCCCC)CCCCCCCC)CCCCCC(O)CC)=C1N.CCCCCCCO.O=CO.[Y]. The molecule has 0 saturated carbocycles. The number of nitrogens with one attached hydrogen (secondary N) is 1. The van der Waals surface area contributed by atoms with Gasteiger partial charge in [0.15, 0.2) is 0 Å². The number of hydrogen-bond donors (Lipinski definition) is 5. The standard InChI is InChI=1S/C40H77N3O2.C7H16O.CH2O2.Y/c1-5-8-10-12-15-20-27-36(28-21-16-13-11-9-6-2)29-22-17-14-18-24-32-43(33-25-19-23-30-37(44)7-3)34-26-31-42-39-38(41)35(4)40(39)45;1-2-3-4-5-6-7-8;2-1-3;/h36-37,42,44H,4-34,41H2,1-3H3;8H,2-7H2,1H3;1H,(H,2,3);. The van der Waals surface area contributed by atoms with Crippen molar-refractivity contribution in [2.45, 2.75) is 233 Å². The third-order valence-electron chi connectivity index (χ3n) is 11.3. The van der Waals surface area contributed by atoms with Crippen LogP contribution in [-0.2, 0) is 42.3 Å². The van der Waals surface area contributed by atoms with Crippen molar-refractivity contribution in [3.63, 3.8) is 0 Å². The van der Waals surface area contributed by atoms with Crippen LogP contribution in [0.2, 0.25) is 0 Å². The smallest absolute Gasteiger partial charge is 0.290 e. The second kappa shape index (κ2) is 47.9. The predicted molar refractivity (Wildman–Crippen MR) is 241 cm³/mol. The Morgan fingerprint density at radius 2 is 1.00 bits per heavy atom. The molecule has 0 amide bonds. The zero-order valence-electron chi connectivity index (χ0n) is 38.2. The molecule has 0 aromatic heterocycles. The largest absolute Gasteiger partial charge is 0.483 e. The molecule has 1 atom stereocenters. The minimum Gasteiger partial charge on any atom is -0.483 e. The first kappa shape index (κ1) is 60.5. The zero-order chi connectivity index (χ0) is 41.9. The molecule has 1 rings (SSSR count). The molecule has 1 aliphatic carbocycles. The van der Waals surface area contributed by atoms with Crippen LogP contribution in [0.25, 0.3) is 0 Å². The molecule has 335 valence electrons. The molecule has 0 heterocycles. The number of ketones is 1. The Hall–Kier alpha value is -0.796. The van der Waals surface area contributed by atoms with E-state index in [0.29, 0.717) is 23.6 Å². The van der Waals surface area contributed by atoms with E-state index in [9.17, 15) is 9.90 Å². The van der Waals surface area contributed by atoms with Crippen molar-refractivity contribution in [2.75, 3.05) is 32.8 Å². The summed E-state index contributed by atoms with van der Waals surface area (Å²) in [4.78, 5) is 22.9. The summed E-state index contributed by atoms with van der Waals surface area (Å²) in [6, 6.07) is 0. The first-order valence-electron chi connectivity index (χ1n) is 23.8. The number of allylic oxidation sites excluding steroid dienone is 2. The summed E-state index contributed by atoms with van der Waals surface area (Å²) in [5, 5.41) is 28.3. The molecule has 0 fully saturated rings. The quantitative estimate of drug-likeness (QED) is 0.0234. The van der Waals surface area contributed by atoms with Crippen molar-refractivity contribution in [3.05, 3.63) is 23.5 Å². The van der Waals surface area contributed by atoms with Gasteiger partial charge in [0.1, 0.15) is 5.70 Å². The summed E-state index contributed by atoms with van der Waals surface area (Å²) in [7, 11) is 0. The second-order valence-electron chi connectivity index (χ2n) is 16.4. The van der Waals surface area contributed by atoms with E-state index in [0.717, 1.165) is 64.2 Å². The normalized spacial score (nSPS) is 12.8. The maximum absolute atomic E-state index is 11.9. The molecule has 1 unspecified atom stereocenters. The average Bonchev–Trinajstić information content (AvgIpc) is 3.20. The number of unbranched alkanes of at least 4 members (excludes halogenated alkanes) is 20. The van der Waals surface area contributed by atoms with Crippen LogP contribution in [0.3, 0.4) is 0 Å². The van der Waals surface area contributed by atoms with E-state index in [2.05, 4.69) is 44.5 Å². The van der Waals surface area contributed by atoms with Gasteiger partial charge in [0.25, 0.3) is 6.47 Å². The Morgan fingerprint density at radius 3 is 1.42 bits per heavy atom. The van der Waals surface area contributed by atoms with Crippen LogP contribution in [0.5, 0.6) is 0 Å². The van der Waals surface area contributed by atoms with Crippen LogP contribution < -0.4 is 11.1 Å². The summed E-state index contributed by atoms with van der Waals surface area (Å²) in [6.45, 7) is 16.8. The number of aliphatic hydroxyl groups is 2. The van der Waals surface area contributed by atoms with Crippen LogP contribution in [0.15, 0.2) is 23.5 Å². The molecule has 0 bridgehead atoms. The van der Waals surface area contributed by atoms with E-state index >= 15 is 0 Å². The van der Waals surface area contributed by atoms with Gasteiger partial charge in [-0.3, -0.25) is 9.59 Å². The van der Waals surface area contributed by atoms with Crippen LogP contribution in [-0.4, -0.2) is 71.4 Å². The number of nitrogens with two attached hydrogens (primary N) is 1. The molecule has 6 N–H and O–H groups in total. The zero-order valence-corrected chi connectivity index (χ0v) is 41.0. The monoisotopic (exact) mass is 883 g/mol. The number of carbonyl (C=O) groups is 2. The topological polar surface area (TPSA) is 136 Å². The van der Waals surface area contributed by atoms with Crippen molar-refractivity contribution < 1.29 is 57.6 Å². The molecule has 0 aromatic rings. The van der Waals surface area contributed by atoms with E-state index in [-0.39, 0.29) is 51.1 Å². The van der Waals surface area contributed by atoms with Crippen LogP contribution >= 0.6 is 0 Å². The molecule has 0 spiro atoms. The molecular formula is C48H95N3O5Y. The third-order valence-corrected chi connectivity index (χ3v) is 11.3. The molecule has 1 radical (unpaired) electrons.